The maximum atomic E-state index is 12.4. The van der Waals surface area contributed by atoms with Crippen LogP contribution in [0.5, 0.6) is 0 Å². The molecule has 0 aliphatic carbocycles. The fourth-order valence-corrected chi connectivity index (χ4v) is 4.50. The van der Waals surface area contributed by atoms with Gasteiger partial charge in [0.05, 0.1) is 16.8 Å². The molecule has 27 heavy (non-hydrogen) atoms. The van der Waals surface area contributed by atoms with Crippen LogP contribution in [0.2, 0.25) is 5.02 Å². The van der Waals surface area contributed by atoms with E-state index in [1.54, 1.807) is 17.4 Å². The Balaban J connectivity index is 1.31. The molecular weight excluding hydrogens is 380 g/mol. The summed E-state index contributed by atoms with van der Waals surface area (Å²) in [5, 5.41) is 4.73. The van der Waals surface area contributed by atoms with Crippen LogP contribution >= 0.6 is 22.9 Å². The molecular formula is C20H21ClN4OS. The molecule has 0 saturated carbocycles. The van der Waals surface area contributed by atoms with Crippen LogP contribution in [-0.2, 0) is 4.79 Å². The molecule has 2 heterocycles. The minimum atomic E-state index is 0.00820. The Hall–Kier alpha value is -2.15. The molecule has 0 spiro atoms. The number of halogens is 1. The zero-order valence-electron chi connectivity index (χ0n) is 15.1. The highest BCUT2D eigenvalue weighted by atomic mass is 35.5. The average molecular weight is 401 g/mol. The number of carbonyl (C=O) groups excluding carboxylic acids is 1. The highest BCUT2D eigenvalue weighted by Crippen LogP contribution is 2.29. The number of hydrogen-bond donors (Lipinski definition) is 1. The van der Waals surface area contributed by atoms with Gasteiger partial charge in [-0.1, -0.05) is 35.1 Å². The van der Waals surface area contributed by atoms with Crippen molar-refractivity contribution in [1.82, 2.24) is 9.88 Å². The van der Waals surface area contributed by atoms with Crippen LogP contribution in [0, 0.1) is 6.92 Å². The van der Waals surface area contributed by atoms with Crippen molar-refractivity contribution in [3.05, 3.63) is 53.1 Å². The summed E-state index contributed by atoms with van der Waals surface area (Å²) < 4.78 is 1.22. The largest absolute Gasteiger partial charge is 0.345 e. The number of nitrogens with zero attached hydrogens (tertiary/aromatic N) is 3. The lowest BCUT2D eigenvalue weighted by molar-refractivity contribution is -0.117. The summed E-state index contributed by atoms with van der Waals surface area (Å²) >= 11 is 7.70. The van der Waals surface area contributed by atoms with Gasteiger partial charge < -0.3 is 10.2 Å². The summed E-state index contributed by atoms with van der Waals surface area (Å²) in [6.45, 7) is 5.81. The van der Waals surface area contributed by atoms with Gasteiger partial charge in [-0.2, -0.15) is 0 Å². The Morgan fingerprint density at radius 2 is 1.96 bits per heavy atom. The first-order valence-electron chi connectivity index (χ1n) is 8.97. The molecule has 1 aromatic heterocycles. The number of anilines is 2. The van der Waals surface area contributed by atoms with E-state index < -0.39 is 0 Å². The molecule has 1 N–H and O–H groups in total. The molecule has 140 valence electrons. The molecule has 3 aromatic rings. The first-order chi connectivity index (χ1) is 13.1. The Morgan fingerprint density at radius 1 is 1.19 bits per heavy atom. The van der Waals surface area contributed by atoms with Gasteiger partial charge in [-0.05, 0) is 42.8 Å². The maximum Gasteiger partial charge on any atom is 0.238 e. The smallest absolute Gasteiger partial charge is 0.238 e. The molecule has 1 amide bonds. The van der Waals surface area contributed by atoms with Crippen LogP contribution in [0.3, 0.4) is 0 Å². The monoisotopic (exact) mass is 400 g/mol. The van der Waals surface area contributed by atoms with Gasteiger partial charge >= 0.3 is 0 Å². The third-order valence-corrected chi connectivity index (χ3v) is 6.09. The van der Waals surface area contributed by atoms with E-state index in [0.717, 1.165) is 48.1 Å². The number of aryl methyl sites for hydroxylation is 1. The van der Waals surface area contributed by atoms with E-state index in [0.29, 0.717) is 11.6 Å². The van der Waals surface area contributed by atoms with Gasteiger partial charge in [-0.3, -0.25) is 9.69 Å². The van der Waals surface area contributed by atoms with E-state index in [2.05, 4.69) is 27.2 Å². The van der Waals surface area contributed by atoms with E-state index in [9.17, 15) is 4.79 Å². The summed E-state index contributed by atoms with van der Waals surface area (Å²) in [4.78, 5) is 21.6. The lowest BCUT2D eigenvalue weighted by Gasteiger charge is -2.34. The quantitative estimate of drug-likeness (QED) is 0.718. The number of hydrogen-bond acceptors (Lipinski definition) is 5. The van der Waals surface area contributed by atoms with Crippen LogP contribution < -0.4 is 10.2 Å². The molecule has 2 aromatic carbocycles. The molecule has 1 fully saturated rings. The number of piperazine rings is 1. The number of amides is 1. The predicted molar refractivity (Wildman–Crippen MR) is 113 cm³/mol. The molecule has 1 aliphatic heterocycles. The summed E-state index contributed by atoms with van der Waals surface area (Å²) in [5.41, 5.74) is 2.84. The second-order valence-corrected chi connectivity index (χ2v) is 8.18. The van der Waals surface area contributed by atoms with Crippen molar-refractivity contribution in [2.45, 2.75) is 6.92 Å². The van der Waals surface area contributed by atoms with E-state index in [4.69, 9.17) is 16.6 Å². The zero-order valence-corrected chi connectivity index (χ0v) is 16.7. The number of rotatable bonds is 4. The van der Waals surface area contributed by atoms with Crippen LogP contribution in [0.15, 0.2) is 42.5 Å². The van der Waals surface area contributed by atoms with Crippen LogP contribution in [0.4, 0.5) is 10.8 Å². The molecule has 4 rings (SSSR count). The summed E-state index contributed by atoms with van der Waals surface area (Å²) in [6, 6.07) is 13.7. The van der Waals surface area contributed by atoms with Crippen LogP contribution in [-0.4, -0.2) is 48.5 Å². The van der Waals surface area contributed by atoms with Gasteiger partial charge in [0.1, 0.15) is 0 Å². The summed E-state index contributed by atoms with van der Waals surface area (Å²) in [5.74, 6) is 0.00820. The number of carbonyl (C=O) groups is 1. The molecule has 7 heteroatoms. The van der Waals surface area contributed by atoms with Crippen molar-refractivity contribution in [2.24, 2.45) is 0 Å². The van der Waals surface area contributed by atoms with Crippen LogP contribution in [0.1, 0.15) is 5.56 Å². The Labute approximate surface area is 167 Å². The molecule has 0 atom stereocenters. The molecule has 0 bridgehead atoms. The first-order valence-corrected chi connectivity index (χ1v) is 10.2. The van der Waals surface area contributed by atoms with Gasteiger partial charge in [0.2, 0.25) is 5.91 Å². The molecule has 5 nitrogen and oxygen atoms in total. The zero-order chi connectivity index (χ0) is 18.8. The molecule has 1 saturated heterocycles. The van der Waals surface area contributed by atoms with Gasteiger partial charge in [0, 0.05) is 36.9 Å². The minimum absolute atomic E-state index is 0.00820. The van der Waals surface area contributed by atoms with E-state index in [1.807, 2.05) is 31.2 Å². The Bertz CT molecular complexity index is 933. The van der Waals surface area contributed by atoms with Crippen molar-refractivity contribution in [2.75, 3.05) is 42.9 Å². The number of thiazole rings is 1. The SMILES string of the molecule is Cc1cc(Cl)ccc1NC(=O)CN1CCN(c2nc3ccccc3s2)CC1. The van der Waals surface area contributed by atoms with Crippen LogP contribution in [0.25, 0.3) is 10.2 Å². The van der Waals surface area contributed by atoms with Crippen molar-refractivity contribution < 1.29 is 4.79 Å². The molecule has 0 unspecified atom stereocenters. The van der Waals surface area contributed by atoms with Gasteiger partial charge in [0.15, 0.2) is 5.13 Å². The standard InChI is InChI=1S/C20H21ClN4OS/c1-14-12-15(21)6-7-16(14)22-19(26)13-24-8-10-25(11-9-24)20-23-17-4-2-3-5-18(17)27-20/h2-7,12H,8-11,13H2,1H3,(H,22,26). The van der Waals surface area contributed by atoms with Crippen molar-refractivity contribution in [3.8, 4) is 0 Å². The average Bonchev–Trinajstić information content (AvgIpc) is 3.09. The lowest BCUT2D eigenvalue weighted by Crippen LogP contribution is -2.48. The predicted octanol–water partition coefficient (Wildman–Crippen LogP) is 4.02. The fraction of sp³-hybridized carbons (Fsp3) is 0.300. The lowest BCUT2D eigenvalue weighted by atomic mass is 10.2. The Kier molecular flexibility index (Phi) is 5.29. The molecule has 0 radical (unpaired) electrons. The fourth-order valence-electron chi connectivity index (χ4n) is 3.25. The number of para-hydroxylation sites is 1. The van der Waals surface area contributed by atoms with Crippen molar-refractivity contribution in [3.63, 3.8) is 0 Å². The van der Waals surface area contributed by atoms with E-state index in [-0.39, 0.29) is 5.91 Å². The maximum absolute atomic E-state index is 12.4. The summed E-state index contributed by atoms with van der Waals surface area (Å²) in [6.07, 6.45) is 0. The van der Waals surface area contributed by atoms with Crippen molar-refractivity contribution >= 4 is 49.9 Å². The first kappa shape index (κ1) is 18.2. The number of benzene rings is 2. The van der Waals surface area contributed by atoms with Crippen molar-refractivity contribution in [1.29, 1.82) is 0 Å². The summed E-state index contributed by atoms with van der Waals surface area (Å²) in [7, 11) is 0. The number of nitrogens with one attached hydrogen (secondary N) is 1. The van der Waals surface area contributed by atoms with Gasteiger partial charge in [-0.25, -0.2) is 4.98 Å². The highest BCUT2D eigenvalue weighted by molar-refractivity contribution is 7.22. The van der Waals surface area contributed by atoms with Gasteiger partial charge in [-0.15, -0.1) is 0 Å². The number of aromatic nitrogens is 1. The third kappa shape index (κ3) is 4.24. The second kappa shape index (κ2) is 7.84. The normalized spacial score (nSPS) is 15.3. The number of fused-ring (bicyclic) bond motifs is 1. The Morgan fingerprint density at radius 3 is 2.70 bits per heavy atom. The topological polar surface area (TPSA) is 48.5 Å². The third-order valence-electron chi connectivity index (χ3n) is 4.76. The minimum Gasteiger partial charge on any atom is -0.345 e. The van der Waals surface area contributed by atoms with E-state index in [1.165, 1.54) is 4.70 Å². The highest BCUT2D eigenvalue weighted by Gasteiger charge is 2.21. The second-order valence-electron chi connectivity index (χ2n) is 6.73. The van der Waals surface area contributed by atoms with E-state index >= 15 is 0 Å². The molecule has 1 aliphatic rings. The van der Waals surface area contributed by atoms with Gasteiger partial charge in [0.25, 0.3) is 0 Å².